The maximum Gasteiger partial charge on any atom is 0.337 e. The molecule has 0 radical (unpaired) electrons. The van der Waals surface area contributed by atoms with Gasteiger partial charge in [0.1, 0.15) is 5.54 Å². The predicted molar refractivity (Wildman–Crippen MR) is 111 cm³/mol. The van der Waals surface area contributed by atoms with Gasteiger partial charge in [0, 0.05) is 28.9 Å². The smallest absolute Gasteiger partial charge is 0.337 e. The maximum atomic E-state index is 13.5. The van der Waals surface area contributed by atoms with Crippen LogP contribution in [0.25, 0.3) is 0 Å². The highest BCUT2D eigenvalue weighted by Gasteiger charge is 2.48. The lowest BCUT2D eigenvalue weighted by atomic mass is 9.91. The van der Waals surface area contributed by atoms with Crippen LogP contribution in [0.1, 0.15) is 22.8 Å². The largest absolute Gasteiger partial charge is 0.465 e. The Labute approximate surface area is 177 Å². The molecule has 3 aromatic rings. The quantitative estimate of drug-likeness (QED) is 0.567. The number of hydrogen-bond donors (Lipinski definition) is 0. The van der Waals surface area contributed by atoms with Crippen molar-refractivity contribution < 1.29 is 14.3 Å². The van der Waals surface area contributed by atoms with E-state index < -0.39 is 11.5 Å². The third kappa shape index (κ3) is 3.28. The number of anilines is 2. The first-order valence-electron chi connectivity index (χ1n) is 8.85. The Morgan fingerprint density at radius 2 is 1.90 bits per heavy atom. The van der Waals surface area contributed by atoms with Crippen LogP contribution in [-0.4, -0.2) is 28.5 Å². The van der Waals surface area contributed by atoms with E-state index in [1.165, 1.54) is 12.0 Å². The highest BCUT2D eigenvalue weighted by atomic mass is 35.5. The molecule has 1 aromatic heterocycles. The maximum absolute atomic E-state index is 13.5. The van der Waals surface area contributed by atoms with Gasteiger partial charge < -0.3 is 9.30 Å². The number of esters is 1. The van der Waals surface area contributed by atoms with Crippen molar-refractivity contribution in [3.05, 3.63) is 76.0 Å². The van der Waals surface area contributed by atoms with Crippen molar-refractivity contribution in [2.75, 3.05) is 12.0 Å². The van der Waals surface area contributed by atoms with Gasteiger partial charge in [0.25, 0.3) is 5.91 Å². The van der Waals surface area contributed by atoms with Gasteiger partial charge in [-0.05, 0) is 42.8 Å². The molecule has 0 N–H and O–H groups in total. The zero-order valence-electron chi connectivity index (χ0n) is 15.7. The van der Waals surface area contributed by atoms with Crippen LogP contribution in [0.3, 0.4) is 0 Å². The number of benzene rings is 2. The molecule has 6 nitrogen and oxygen atoms in total. The lowest BCUT2D eigenvalue weighted by molar-refractivity contribution is -0.123. The average molecular weight is 430 g/mol. The third-order valence-electron chi connectivity index (χ3n) is 5.02. The monoisotopic (exact) mass is 429 g/mol. The molecule has 0 spiro atoms. The summed E-state index contributed by atoms with van der Waals surface area (Å²) in [6.07, 6.45) is 3.78. The second-order valence-corrected chi connectivity index (χ2v) is 7.88. The summed E-state index contributed by atoms with van der Waals surface area (Å²) in [7, 11) is 1.34. The number of ether oxygens (including phenoxy) is 1. The van der Waals surface area contributed by atoms with E-state index in [-0.39, 0.29) is 5.91 Å². The van der Waals surface area contributed by atoms with Gasteiger partial charge in [0.05, 0.1) is 18.4 Å². The van der Waals surface area contributed by atoms with E-state index in [1.54, 1.807) is 48.8 Å². The van der Waals surface area contributed by atoms with Crippen LogP contribution in [0.15, 0.2) is 54.9 Å². The van der Waals surface area contributed by atoms with Gasteiger partial charge in [-0.2, -0.15) is 0 Å². The van der Waals surface area contributed by atoms with Gasteiger partial charge in [-0.3, -0.25) is 4.79 Å². The summed E-state index contributed by atoms with van der Waals surface area (Å²) in [5, 5.41) is 0.857. The fraction of sp³-hybridized carbons (Fsp3) is 0.190. The number of aromatic nitrogens is 2. The first kappa shape index (κ1) is 19.5. The molecule has 148 valence electrons. The topological polar surface area (TPSA) is 64.4 Å². The molecule has 0 saturated heterocycles. The minimum Gasteiger partial charge on any atom is -0.465 e. The van der Waals surface area contributed by atoms with Crippen molar-refractivity contribution in [3.63, 3.8) is 0 Å². The molecule has 0 aliphatic carbocycles. The van der Waals surface area contributed by atoms with Crippen LogP contribution >= 0.6 is 23.2 Å². The van der Waals surface area contributed by atoms with Gasteiger partial charge in [-0.25, -0.2) is 14.7 Å². The van der Waals surface area contributed by atoms with E-state index in [0.29, 0.717) is 33.7 Å². The molecular weight excluding hydrogens is 413 g/mol. The Bertz CT molecular complexity index is 1110. The summed E-state index contributed by atoms with van der Waals surface area (Å²) in [4.78, 5) is 31.3. The van der Waals surface area contributed by atoms with Gasteiger partial charge in [-0.15, -0.1) is 0 Å². The number of halogens is 2. The number of rotatable bonds is 4. The summed E-state index contributed by atoms with van der Waals surface area (Å²) >= 11 is 12.3. The minimum atomic E-state index is -0.935. The van der Waals surface area contributed by atoms with Crippen molar-refractivity contribution in [2.45, 2.75) is 18.9 Å². The molecule has 2 aromatic carbocycles. The highest BCUT2D eigenvalue weighted by molar-refractivity contribution is 6.35. The summed E-state index contributed by atoms with van der Waals surface area (Å²) in [5.41, 5.74) is 0.875. The number of methoxy groups -OCH3 is 1. The van der Waals surface area contributed by atoms with Crippen molar-refractivity contribution in [1.82, 2.24) is 9.55 Å². The van der Waals surface area contributed by atoms with Gasteiger partial charge in [0.15, 0.2) is 0 Å². The lowest BCUT2D eigenvalue weighted by Gasteiger charge is -2.25. The second kappa shape index (κ2) is 7.21. The summed E-state index contributed by atoms with van der Waals surface area (Å²) in [5.74, 6) is -0.101. The molecular formula is C21H17Cl2N3O3. The number of fused-ring (bicyclic) bond motifs is 1. The fourth-order valence-corrected chi connectivity index (χ4v) is 4.18. The molecule has 1 atom stereocenters. The minimum absolute atomic E-state index is 0.164. The van der Waals surface area contributed by atoms with E-state index >= 15 is 0 Å². The molecule has 2 heterocycles. The third-order valence-corrected chi connectivity index (χ3v) is 5.46. The van der Waals surface area contributed by atoms with Crippen LogP contribution in [0.5, 0.6) is 0 Å². The van der Waals surface area contributed by atoms with E-state index in [9.17, 15) is 9.59 Å². The molecule has 0 fully saturated rings. The first-order chi connectivity index (χ1) is 13.8. The Morgan fingerprint density at radius 3 is 2.59 bits per heavy atom. The number of carbonyl (C=O) groups is 2. The van der Waals surface area contributed by atoms with Crippen molar-refractivity contribution >= 4 is 46.7 Å². The van der Waals surface area contributed by atoms with Crippen LogP contribution in [-0.2, 0) is 21.5 Å². The molecule has 0 bridgehead atoms. The van der Waals surface area contributed by atoms with Gasteiger partial charge in [0.2, 0.25) is 5.95 Å². The van der Waals surface area contributed by atoms with E-state index in [1.807, 2.05) is 17.6 Å². The van der Waals surface area contributed by atoms with Crippen LogP contribution in [0, 0.1) is 0 Å². The molecule has 1 amide bonds. The van der Waals surface area contributed by atoms with E-state index in [2.05, 4.69) is 4.98 Å². The Kier molecular flexibility index (Phi) is 4.84. The average Bonchev–Trinajstić information content (AvgIpc) is 3.23. The normalized spacial score (nSPS) is 18.1. The van der Waals surface area contributed by atoms with Crippen LogP contribution in [0.4, 0.5) is 11.6 Å². The number of hydrogen-bond acceptors (Lipinski definition) is 4. The number of imidazole rings is 1. The number of carbonyl (C=O) groups excluding carboxylic acids is 2. The predicted octanol–water partition coefficient (Wildman–Crippen LogP) is 4.61. The second-order valence-electron chi connectivity index (χ2n) is 7.01. The highest BCUT2D eigenvalue weighted by Crippen LogP contribution is 2.42. The molecule has 4 rings (SSSR count). The number of nitrogens with zero attached hydrogens (tertiary/aromatic N) is 3. The van der Waals surface area contributed by atoms with Crippen molar-refractivity contribution in [1.29, 1.82) is 0 Å². The molecule has 1 aliphatic heterocycles. The van der Waals surface area contributed by atoms with Crippen molar-refractivity contribution in [2.24, 2.45) is 0 Å². The molecule has 1 unspecified atom stereocenters. The standard InChI is InChI=1S/C21H17Cl2N3O3/c1-21(12-13-4-3-5-14(8-13)18(27)29-2)19(28)26(20-24-6-7-25(20)21)17-10-15(22)9-16(23)11-17/h3-11H,12H2,1-2H3. The summed E-state index contributed by atoms with van der Waals surface area (Å²) in [6.45, 7) is 1.84. The Morgan fingerprint density at radius 1 is 1.17 bits per heavy atom. The van der Waals surface area contributed by atoms with Crippen LogP contribution in [0.2, 0.25) is 10.0 Å². The number of amides is 1. The van der Waals surface area contributed by atoms with Gasteiger partial charge >= 0.3 is 5.97 Å². The fourth-order valence-electron chi connectivity index (χ4n) is 3.67. The van der Waals surface area contributed by atoms with E-state index in [0.717, 1.165) is 5.56 Å². The zero-order valence-corrected chi connectivity index (χ0v) is 17.2. The zero-order chi connectivity index (χ0) is 20.8. The van der Waals surface area contributed by atoms with E-state index in [4.69, 9.17) is 27.9 Å². The summed E-state index contributed by atoms with van der Waals surface area (Å²) < 4.78 is 6.62. The molecule has 29 heavy (non-hydrogen) atoms. The van der Waals surface area contributed by atoms with Crippen LogP contribution < -0.4 is 4.90 Å². The van der Waals surface area contributed by atoms with Gasteiger partial charge in [-0.1, -0.05) is 35.3 Å². The molecule has 0 saturated carbocycles. The van der Waals surface area contributed by atoms with Crippen molar-refractivity contribution in [3.8, 4) is 0 Å². The SMILES string of the molecule is COC(=O)c1cccc(CC2(C)C(=O)N(c3cc(Cl)cc(Cl)c3)c3nccn32)c1. The molecule has 8 heteroatoms. The Balaban J connectivity index is 1.75. The molecule has 1 aliphatic rings. The first-order valence-corrected chi connectivity index (χ1v) is 9.61. The summed E-state index contributed by atoms with van der Waals surface area (Å²) in [6, 6.07) is 12.0. The lowest BCUT2D eigenvalue weighted by Crippen LogP contribution is -2.40. The Hall–Kier alpha value is -2.83.